The summed E-state index contributed by atoms with van der Waals surface area (Å²) in [5.41, 5.74) is 3.85. The zero-order valence-electron chi connectivity index (χ0n) is 14.0. The number of anilines is 1. The average Bonchev–Trinajstić information content (AvgIpc) is 2.68. The van der Waals surface area contributed by atoms with Gasteiger partial charge < -0.3 is 0 Å². The van der Waals surface area contributed by atoms with Crippen molar-refractivity contribution in [3.63, 3.8) is 0 Å². The minimum Gasteiger partial charge on any atom is -0.266 e. The van der Waals surface area contributed by atoms with Gasteiger partial charge in [-0.2, -0.15) is 0 Å². The topological polar surface area (TPSA) is 50.3 Å². The molecule has 2 heterocycles. The Labute approximate surface area is 158 Å². The Morgan fingerprint density at radius 2 is 1.81 bits per heavy atom. The van der Waals surface area contributed by atoms with Gasteiger partial charge in [0.2, 0.25) is 0 Å². The van der Waals surface area contributed by atoms with Crippen LogP contribution in [0.3, 0.4) is 0 Å². The first kappa shape index (κ1) is 17.1. The smallest absolute Gasteiger partial charge is 0.264 e. The molecule has 26 heavy (non-hydrogen) atoms. The van der Waals surface area contributed by atoms with Crippen LogP contribution in [0.2, 0.25) is 5.02 Å². The Hall–Kier alpha value is -2.37. The number of hydrogen-bond acceptors (Lipinski definition) is 3. The van der Waals surface area contributed by atoms with E-state index in [1.807, 2.05) is 30.5 Å². The molecule has 132 valence electrons. The van der Waals surface area contributed by atoms with Gasteiger partial charge in [0, 0.05) is 24.0 Å². The number of nitrogens with zero attached hydrogens (tertiary/aromatic N) is 2. The Morgan fingerprint density at radius 1 is 1.00 bits per heavy atom. The lowest BCUT2D eigenvalue weighted by Gasteiger charge is -2.31. The first-order valence-corrected chi connectivity index (χ1v) is 10.2. The van der Waals surface area contributed by atoms with Crippen LogP contribution in [0.25, 0.3) is 11.1 Å². The number of halogens is 1. The molecule has 0 aliphatic carbocycles. The van der Waals surface area contributed by atoms with Crippen molar-refractivity contribution in [3.8, 4) is 11.1 Å². The second-order valence-corrected chi connectivity index (χ2v) is 8.52. The summed E-state index contributed by atoms with van der Waals surface area (Å²) >= 11 is 5.89. The van der Waals surface area contributed by atoms with Gasteiger partial charge in [0.1, 0.15) is 0 Å². The molecule has 2 aromatic carbocycles. The highest BCUT2D eigenvalue weighted by molar-refractivity contribution is 7.92. The molecule has 4 rings (SSSR count). The molecule has 0 spiro atoms. The predicted octanol–water partition coefficient (Wildman–Crippen LogP) is 4.54. The molecule has 0 atom stereocenters. The average molecular weight is 385 g/mol. The third-order valence-electron chi connectivity index (χ3n) is 4.55. The summed E-state index contributed by atoms with van der Waals surface area (Å²) in [6.45, 7) is 0.476. The van der Waals surface area contributed by atoms with E-state index in [0.29, 0.717) is 11.6 Å². The first-order chi connectivity index (χ1) is 12.6. The zero-order chi connectivity index (χ0) is 18.1. The Balaban J connectivity index is 1.75. The van der Waals surface area contributed by atoms with Gasteiger partial charge in [0.15, 0.2) is 0 Å². The van der Waals surface area contributed by atoms with Crippen LogP contribution in [0, 0.1) is 0 Å². The number of aryl methyl sites for hydroxylation is 1. The van der Waals surface area contributed by atoms with E-state index in [-0.39, 0.29) is 4.90 Å². The highest BCUT2D eigenvalue weighted by atomic mass is 35.5. The third-order valence-corrected chi connectivity index (χ3v) is 6.63. The number of rotatable bonds is 3. The number of benzene rings is 2. The summed E-state index contributed by atoms with van der Waals surface area (Å²) in [7, 11) is -3.61. The lowest BCUT2D eigenvalue weighted by atomic mass is 9.98. The van der Waals surface area contributed by atoms with Crippen LogP contribution in [-0.4, -0.2) is 19.9 Å². The largest absolute Gasteiger partial charge is 0.266 e. The molecule has 0 saturated carbocycles. The molecule has 0 fully saturated rings. The van der Waals surface area contributed by atoms with Crippen LogP contribution in [-0.2, 0) is 16.4 Å². The fraction of sp³-hybridized carbons (Fsp3) is 0.150. The minimum absolute atomic E-state index is 0.256. The summed E-state index contributed by atoms with van der Waals surface area (Å²) in [6, 6.07) is 16.1. The van der Waals surface area contributed by atoms with Crippen LogP contribution in [0.1, 0.15) is 12.0 Å². The molecule has 1 aliphatic rings. The molecule has 1 aromatic heterocycles. The van der Waals surface area contributed by atoms with Gasteiger partial charge in [-0.1, -0.05) is 23.7 Å². The Morgan fingerprint density at radius 3 is 2.54 bits per heavy atom. The highest BCUT2D eigenvalue weighted by Crippen LogP contribution is 2.35. The molecular weight excluding hydrogens is 368 g/mol. The van der Waals surface area contributed by atoms with Crippen molar-refractivity contribution < 1.29 is 8.42 Å². The van der Waals surface area contributed by atoms with Crippen molar-refractivity contribution in [1.82, 2.24) is 4.98 Å². The quantitative estimate of drug-likeness (QED) is 0.665. The van der Waals surface area contributed by atoms with Crippen molar-refractivity contribution in [2.45, 2.75) is 17.7 Å². The molecule has 0 radical (unpaired) electrons. The Bertz CT molecular complexity index is 1040. The summed E-state index contributed by atoms with van der Waals surface area (Å²) < 4.78 is 27.7. The van der Waals surface area contributed by atoms with Crippen LogP contribution in [0.5, 0.6) is 0 Å². The third kappa shape index (κ3) is 3.08. The van der Waals surface area contributed by atoms with Crippen molar-refractivity contribution >= 4 is 27.3 Å². The highest BCUT2D eigenvalue weighted by Gasteiger charge is 2.29. The van der Waals surface area contributed by atoms with E-state index in [1.165, 1.54) is 4.31 Å². The van der Waals surface area contributed by atoms with Crippen molar-refractivity contribution in [2.75, 3.05) is 10.8 Å². The van der Waals surface area contributed by atoms with Crippen molar-refractivity contribution in [2.24, 2.45) is 0 Å². The maximum atomic E-state index is 13.1. The van der Waals surface area contributed by atoms with E-state index < -0.39 is 10.0 Å². The second-order valence-electron chi connectivity index (χ2n) is 6.22. The fourth-order valence-electron chi connectivity index (χ4n) is 3.26. The molecule has 0 unspecified atom stereocenters. The predicted molar refractivity (Wildman–Crippen MR) is 104 cm³/mol. The normalized spacial score (nSPS) is 14.1. The molecule has 0 N–H and O–H groups in total. The maximum absolute atomic E-state index is 13.1. The van der Waals surface area contributed by atoms with E-state index in [2.05, 4.69) is 11.1 Å². The van der Waals surface area contributed by atoms with Gasteiger partial charge >= 0.3 is 0 Å². The number of hydrogen-bond donors (Lipinski definition) is 0. The maximum Gasteiger partial charge on any atom is 0.264 e. The first-order valence-electron chi connectivity index (χ1n) is 8.37. The summed E-state index contributed by atoms with van der Waals surface area (Å²) in [5.74, 6) is 0. The lowest BCUT2D eigenvalue weighted by molar-refractivity contribution is 0.586. The second kappa shape index (κ2) is 6.74. The number of aromatic nitrogens is 1. The SMILES string of the molecule is O=S(=O)(c1ccc(Cl)cc1)N1CCCc2cc(-c3cccnc3)ccc21. The van der Waals surface area contributed by atoms with Gasteiger partial charge in [0.05, 0.1) is 10.6 Å². The van der Waals surface area contributed by atoms with Crippen LogP contribution in [0.15, 0.2) is 71.9 Å². The number of sulfonamides is 1. The molecule has 0 bridgehead atoms. The van der Waals surface area contributed by atoms with E-state index in [1.54, 1.807) is 30.5 Å². The molecule has 0 amide bonds. The monoisotopic (exact) mass is 384 g/mol. The van der Waals surface area contributed by atoms with Crippen molar-refractivity contribution in [3.05, 3.63) is 77.6 Å². The summed E-state index contributed by atoms with van der Waals surface area (Å²) in [4.78, 5) is 4.41. The molecule has 0 saturated heterocycles. The van der Waals surface area contributed by atoms with E-state index in [4.69, 9.17) is 11.6 Å². The fourth-order valence-corrected chi connectivity index (χ4v) is 4.93. The lowest BCUT2D eigenvalue weighted by Crippen LogP contribution is -2.35. The minimum atomic E-state index is -3.61. The van der Waals surface area contributed by atoms with Crippen LogP contribution >= 0.6 is 11.6 Å². The molecular formula is C20H17ClN2O2S. The van der Waals surface area contributed by atoms with E-state index in [0.717, 1.165) is 35.2 Å². The summed E-state index contributed by atoms with van der Waals surface area (Å²) in [6.07, 6.45) is 5.20. The van der Waals surface area contributed by atoms with E-state index in [9.17, 15) is 8.42 Å². The number of fused-ring (bicyclic) bond motifs is 1. The molecule has 4 nitrogen and oxygen atoms in total. The molecule has 1 aliphatic heterocycles. The molecule has 6 heteroatoms. The van der Waals surface area contributed by atoms with Crippen LogP contribution < -0.4 is 4.31 Å². The van der Waals surface area contributed by atoms with Gasteiger partial charge in [-0.05, 0) is 72.0 Å². The molecule has 3 aromatic rings. The zero-order valence-corrected chi connectivity index (χ0v) is 15.5. The standard InChI is InChI=1S/C20H17ClN2O2S/c21-18-6-8-19(9-7-18)26(24,25)23-12-2-4-16-13-15(5-10-20(16)23)17-3-1-11-22-14-17/h1,3,5-11,13-14H,2,4,12H2. The van der Waals surface area contributed by atoms with Gasteiger partial charge in [-0.15, -0.1) is 0 Å². The Kier molecular flexibility index (Phi) is 4.42. The van der Waals surface area contributed by atoms with E-state index >= 15 is 0 Å². The number of pyridine rings is 1. The van der Waals surface area contributed by atoms with Gasteiger partial charge in [-0.3, -0.25) is 9.29 Å². The van der Waals surface area contributed by atoms with Gasteiger partial charge in [0.25, 0.3) is 10.0 Å². The summed E-state index contributed by atoms with van der Waals surface area (Å²) in [5, 5.41) is 0.518. The van der Waals surface area contributed by atoms with Gasteiger partial charge in [-0.25, -0.2) is 8.42 Å². The van der Waals surface area contributed by atoms with Crippen LogP contribution in [0.4, 0.5) is 5.69 Å². The van der Waals surface area contributed by atoms with Crippen molar-refractivity contribution in [1.29, 1.82) is 0 Å².